The summed E-state index contributed by atoms with van der Waals surface area (Å²) in [6.45, 7) is 4.41. The Morgan fingerprint density at radius 2 is 1.30 bits per heavy atom. The van der Waals surface area contributed by atoms with Gasteiger partial charge in [-0.05, 0) is 37.6 Å². The maximum absolute atomic E-state index is 12.2. The van der Waals surface area contributed by atoms with Crippen molar-refractivity contribution in [3.63, 3.8) is 0 Å². The van der Waals surface area contributed by atoms with E-state index in [1.54, 1.807) is 0 Å². The number of alkyl halides is 9. The van der Waals surface area contributed by atoms with Crippen molar-refractivity contribution in [3.8, 4) is 0 Å². The Kier molecular flexibility index (Phi) is 10.0. The molecule has 0 unspecified atom stereocenters. The lowest BCUT2D eigenvalue weighted by atomic mass is 10.0. The number of hydrogen-bond acceptors (Lipinski definition) is 4. The molecule has 0 N–H and O–H groups in total. The Morgan fingerprint density at radius 1 is 0.900 bits per heavy atom. The molecule has 1 fully saturated rings. The summed E-state index contributed by atoms with van der Waals surface area (Å²) in [5.41, 5.74) is 0. The van der Waals surface area contributed by atoms with Crippen LogP contribution in [0.1, 0.15) is 39.5 Å². The van der Waals surface area contributed by atoms with Crippen LogP contribution in [0.15, 0.2) is 0 Å². The molecule has 1 aliphatic carbocycles. The Balaban J connectivity index is 0.000000579. The summed E-state index contributed by atoms with van der Waals surface area (Å²) in [5, 5.41) is -7.11. The van der Waals surface area contributed by atoms with Crippen LogP contribution in [0.3, 0.4) is 0 Å². The standard InChI is InChI=1S/C11H21OS.C4HF9O3S/c1-3-13(4-2)9-11(12)10-7-5-6-8-10;5-1(6,3(9,10)11)2(7,8)4(12,13)17(14,15)16/h10H,3-9H2,1-2H3;(H,14,15,16)/q+1;/p-1. The van der Waals surface area contributed by atoms with Gasteiger partial charge in [0.15, 0.2) is 21.7 Å². The van der Waals surface area contributed by atoms with Crippen LogP contribution in [-0.4, -0.2) is 59.3 Å². The second kappa shape index (κ2) is 10.3. The quantitative estimate of drug-likeness (QED) is 0.282. The normalized spacial score (nSPS) is 17.1. The molecule has 1 aliphatic rings. The molecule has 0 aromatic carbocycles. The zero-order valence-corrected chi connectivity index (χ0v) is 17.5. The van der Waals surface area contributed by atoms with Crippen LogP contribution in [0.5, 0.6) is 0 Å². The monoisotopic (exact) mass is 500 g/mol. The number of rotatable bonds is 8. The molecule has 1 rings (SSSR count). The van der Waals surface area contributed by atoms with Crippen LogP contribution in [-0.2, 0) is 25.8 Å². The maximum Gasteiger partial charge on any atom is 0.460 e. The third kappa shape index (κ3) is 6.40. The predicted molar refractivity (Wildman–Crippen MR) is 90.9 cm³/mol. The van der Waals surface area contributed by atoms with E-state index in [0.717, 1.165) is 5.75 Å². The van der Waals surface area contributed by atoms with Gasteiger partial charge in [0.05, 0.1) is 0 Å². The van der Waals surface area contributed by atoms with E-state index < -0.39 is 33.4 Å². The van der Waals surface area contributed by atoms with E-state index in [0.29, 0.717) is 22.6 Å². The molecule has 180 valence electrons. The van der Waals surface area contributed by atoms with Crippen molar-refractivity contribution < 1.29 is 57.3 Å². The molecule has 0 atom stereocenters. The topological polar surface area (TPSA) is 74.3 Å². The van der Waals surface area contributed by atoms with Crippen molar-refractivity contribution in [1.29, 1.82) is 0 Å². The van der Waals surface area contributed by atoms with E-state index >= 15 is 0 Å². The summed E-state index contributed by atoms with van der Waals surface area (Å²) in [4.78, 5) is 11.8. The highest BCUT2D eigenvalue weighted by molar-refractivity contribution is 7.97. The van der Waals surface area contributed by atoms with Gasteiger partial charge >= 0.3 is 23.3 Å². The zero-order chi connectivity index (χ0) is 24.2. The second-order valence-corrected chi connectivity index (χ2v) is 10.5. The van der Waals surface area contributed by atoms with Crippen LogP contribution < -0.4 is 0 Å². The van der Waals surface area contributed by atoms with Crippen LogP contribution in [0.25, 0.3) is 0 Å². The molecule has 0 aliphatic heterocycles. The predicted octanol–water partition coefficient (Wildman–Crippen LogP) is 4.36. The average Bonchev–Trinajstić information content (AvgIpc) is 3.12. The summed E-state index contributed by atoms with van der Waals surface area (Å²) in [6.07, 6.45) is -2.26. The molecule has 0 spiro atoms. The van der Waals surface area contributed by atoms with Crippen LogP contribution in [0.2, 0.25) is 0 Å². The second-order valence-electron chi connectivity index (χ2n) is 6.40. The highest BCUT2D eigenvalue weighted by Crippen LogP contribution is 2.54. The number of halogens is 9. The lowest BCUT2D eigenvalue weighted by molar-refractivity contribution is -0.382. The highest BCUT2D eigenvalue weighted by Gasteiger charge is 2.83. The smallest absolute Gasteiger partial charge is 0.460 e. The van der Waals surface area contributed by atoms with Gasteiger partial charge in [-0.1, -0.05) is 12.8 Å². The van der Waals surface area contributed by atoms with E-state index in [1.807, 2.05) is 0 Å². The van der Waals surface area contributed by atoms with E-state index in [1.165, 1.54) is 37.2 Å². The SMILES string of the molecule is CC[S+](CC)CC(=O)C1CCCC1.O=S(=O)([O-])C(F)(F)C(F)(F)C(F)(F)C(F)(F)F. The fraction of sp³-hybridized carbons (Fsp3) is 0.933. The molecule has 1 saturated carbocycles. The van der Waals surface area contributed by atoms with Crippen molar-refractivity contribution in [1.82, 2.24) is 0 Å². The number of carbonyl (C=O) groups excluding carboxylic acids is 1. The lowest BCUT2D eigenvalue weighted by Crippen LogP contribution is -2.63. The molecule has 30 heavy (non-hydrogen) atoms. The fourth-order valence-electron chi connectivity index (χ4n) is 2.49. The van der Waals surface area contributed by atoms with Gasteiger partial charge in [-0.2, -0.15) is 39.5 Å². The minimum absolute atomic E-state index is 0.386. The van der Waals surface area contributed by atoms with Gasteiger partial charge in [-0.25, -0.2) is 8.42 Å². The summed E-state index contributed by atoms with van der Waals surface area (Å²) in [5.74, 6) is -10.6. The lowest BCUT2D eigenvalue weighted by Gasteiger charge is -2.34. The van der Waals surface area contributed by atoms with Gasteiger partial charge in [0.2, 0.25) is 0 Å². The highest BCUT2D eigenvalue weighted by atomic mass is 32.2. The largest absolute Gasteiger partial charge is 0.743 e. The number of Topliss-reactive ketones (excluding diaryl/α,β-unsaturated/α-hetero) is 1. The molecule has 15 heteroatoms. The van der Waals surface area contributed by atoms with E-state index in [2.05, 4.69) is 13.8 Å². The van der Waals surface area contributed by atoms with Crippen LogP contribution >= 0.6 is 0 Å². The third-order valence-electron chi connectivity index (χ3n) is 4.40. The van der Waals surface area contributed by atoms with Crippen molar-refractivity contribution in [2.24, 2.45) is 5.92 Å². The van der Waals surface area contributed by atoms with Gasteiger partial charge in [0, 0.05) is 5.92 Å². The Bertz CT molecular complexity index is 668. The molecule has 0 bridgehead atoms. The van der Waals surface area contributed by atoms with E-state index in [-0.39, 0.29) is 0 Å². The van der Waals surface area contributed by atoms with Crippen LogP contribution in [0.4, 0.5) is 39.5 Å². The first kappa shape index (κ1) is 29.3. The van der Waals surface area contributed by atoms with Gasteiger partial charge in [0.1, 0.15) is 11.5 Å². The Hall–Kier alpha value is -0.700. The summed E-state index contributed by atoms with van der Waals surface area (Å²) in [6, 6.07) is 0. The minimum atomic E-state index is -7.43. The average molecular weight is 500 g/mol. The fourth-order valence-corrected chi connectivity index (χ4v) is 4.39. The molecular weight excluding hydrogens is 479 g/mol. The molecular formula is C15H21F9O4S2. The van der Waals surface area contributed by atoms with Gasteiger partial charge in [0.25, 0.3) is 0 Å². The third-order valence-corrected chi connectivity index (χ3v) is 7.61. The number of hydrogen-bond donors (Lipinski definition) is 0. The number of ketones is 1. The Morgan fingerprint density at radius 3 is 1.60 bits per heavy atom. The molecule has 0 heterocycles. The van der Waals surface area contributed by atoms with Crippen molar-refractivity contribution >= 4 is 26.8 Å². The Labute approximate surface area is 170 Å². The summed E-state index contributed by atoms with van der Waals surface area (Å²) < 4.78 is 135. The molecule has 0 aromatic heterocycles. The van der Waals surface area contributed by atoms with Crippen molar-refractivity contribution in [2.75, 3.05) is 17.3 Å². The maximum atomic E-state index is 12.2. The van der Waals surface area contributed by atoms with Gasteiger partial charge in [-0.3, -0.25) is 4.79 Å². The van der Waals surface area contributed by atoms with E-state index in [4.69, 9.17) is 0 Å². The van der Waals surface area contributed by atoms with Crippen molar-refractivity contribution in [3.05, 3.63) is 0 Å². The summed E-state index contributed by atoms with van der Waals surface area (Å²) in [7, 11) is -7.03. The first-order valence-electron chi connectivity index (χ1n) is 8.60. The zero-order valence-electron chi connectivity index (χ0n) is 15.9. The van der Waals surface area contributed by atoms with Gasteiger partial charge in [-0.15, -0.1) is 0 Å². The molecule has 0 radical (unpaired) electrons. The van der Waals surface area contributed by atoms with Crippen LogP contribution in [0, 0.1) is 5.92 Å². The molecule has 0 saturated heterocycles. The molecule has 0 amide bonds. The number of carbonyl (C=O) groups is 1. The minimum Gasteiger partial charge on any atom is -0.743 e. The first-order chi connectivity index (χ1) is 13.3. The summed E-state index contributed by atoms with van der Waals surface area (Å²) >= 11 is 0. The molecule has 0 aromatic rings. The van der Waals surface area contributed by atoms with E-state index in [9.17, 15) is 57.3 Å². The molecule has 4 nitrogen and oxygen atoms in total. The first-order valence-corrected chi connectivity index (χ1v) is 11.7. The van der Waals surface area contributed by atoms with Gasteiger partial charge < -0.3 is 4.55 Å². The van der Waals surface area contributed by atoms with Crippen molar-refractivity contribution in [2.45, 2.75) is 62.8 Å².